The SMILES string of the molecule is CC1(C)CCC(N(CC(=O)c2c(Cl)cncc2Cl)C(=O)/C(C=N)=C(/[NH2+]C2CCC(NC(=O)O)CC2)C(F)(F)F)CC1. The Morgan fingerprint density at radius 1 is 1.12 bits per heavy atom. The van der Waals surface area contributed by atoms with Crippen molar-refractivity contribution in [2.45, 2.75) is 89.5 Å². The molecule has 0 aliphatic heterocycles. The number of quaternary nitrogens is 1. The number of ketones is 1. The summed E-state index contributed by atoms with van der Waals surface area (Å²) in [6.07, 6.45) is 0.289. The molecule has 2 amide bonds. The van der Waals surface area contributed by atoms with E-state index in [-0.39, 0.29) is 39.9 Å². The fourth-order valence-electron chi connectivity index (χ4n) is 5.56. The van der Waals surface area contributed by atoms with E-state index in [0.29, 0.717) is 44.7 Å². The molecule has 5 N–H and O–H groups in total. The van der Waals surface area contributed by atoms with Crippen LogP contribution in [0, 0.1) is 10.8 Å². The minimum Gasteiger partial charge on any atom is -0.465 e. The highest BCUT2D eigenvalue weighted by Crippen LogP contribution is 2.38. The fraction of sp³-hybridized carbons (Fsp3) is 0.593. The minimum absolute atomic E-state index is 0.0214. The summed E-state index contributed by atoms with van der Waals surface area (Å²) in [7, 11) is 0. The molecule has 2 aliphatic carbocycles. The number of carboxylic acid groups (broad SMARTS) is 1. The molecule has 0 spiro atoms. The molecule has 0 aromatic carbocycles. The standard InChI is InChI=1S/C27H34Cl2F3N5O4/c1-26(2)9-7-17(8-10-26)37(14-21(38)22-19(28)12-34-13-20(22)29)24(39)18(11-33)23(27(30,31)32)35-15-3-5-16(6-4-15)36-25(40)41/h11-13,15-17,33,35-36H,3-10,14H2,1-2H3,(H,40,41)/p+1/b23-18+,33-11?. The van der Waals surface area contributed by atoms with E-state index in [0.717, 1.165) is 10.2 Å². The van der Waals surface area contributed by atoms with Crippen molar-refractivity contribution in [2.24, 2.45) is 5.41 Å². The number of nitrogens with two attached hydrogens (primary N) is 1. The maximum atomic E-state index is 14.4. The molecule has 1 aromatic rings. The molecule has 2 fully saturated rings. The summed E-state index contributed by atoms with van der Waals surface area (Å²) in [5.41, 5.74) is -2.19. The number of halogens is 5. The first-order valence-electron chi connectivity index (χ1n) is 13.4. The van der Waals surface area contributed by atoms with Crippen LogP contribution in [0.5, 0.6) is 0 Å². The van der Waals surface area contributed by atoms with Crippen LogP contribution in [0.15, 0.2) is 23.7 Å². The molecule has 41 heavy (non-hydrogen) atoms. The number of allylic oxidation sites excluding steroid dienone is 1. The molecule has 0 bridgehead atoms. The van der Waals surface area contributed by atoms with Crippen LogP contribution in [0.25, 0.3) is 0 Å². The molecular formula is C27H35Cl2F3N5O4+. The molecule has 9 nitrogen and oxygen atoms in total. The average Bonchev–Trinajstić information content (AvgIpc) is 2.87. The zero-order valence-corrected chi connectivity index (χ0v) is 24.4. The quantitative estimate of drug-likeness (QED) is 0.175. The summed E-state index contributed by atoms with van der Waals surface area (Å²) >= 11 is 12.3. The predicted octanol–water partition coefficient (Wildman–Crippen LogP) is 4.98. The van der Waals surface area contributed by atoms with Crippen molar-refractivity contribution in [3.05, 3.63) is 39.3 Å². The second kappa shape index (κ2) is 13.5. The van der Waals surface area contributed by atoms with Gasteiger partial charge in [-0.05, 0) is 43.9 Å². The number of alkyl halides is 3. The van der Waals surface area contributed by atoms with E-state index in [9.17, 15) is 27.6 Å². The van der Waals surface area contributed by atoms with Crippen molar-refractivity contribution < 1.29 is 38.0 Å². The van der Waals surface area contributed by atoms with Gasteiger partial charge in [0.1, 0.15) is 5.57 Å². The van der Waals surface area contributed by atoms with Crippen LogP contribution in [-0.4, -0.2) is 69.8 Å². The van der Waals surface area contributed by atoms with Gasteiger partial charge in [-0.3, -0.25) is 14.6 Å². The minimum atomic E-state index is -4.94. The molecule has 0 atom stereocenters. The van der Waals surface area contributed by atoms with Crippen molar-refractivity contribution in [2.75, 3.05) is 6.54 Å². The number of carbonyl (C=O) groups excluding carboxylic acids is 2. The first-order chi connectivity index (χ1) is 19.1. The molecule has 2 saturated carbocycles. The van der Waals surface area contributed by atoms with Crippen molar-refractivity contribution >= 4 is 47.2 Å². The summed E-state index contributed by atoms with van der Waals surface area (Å²) < 4.78 is 43.2. The van der Waals surface area contributed by atoms with Gasteiger partial charge in [0, 0.05) is 43.5 Å². The van der Waals surface area contributed by atoms with Gasteiger partial charge in [0.05, 0.1) is 28.2 Å². The summed E-state index contributed by atoms with van der Waals surface area (Å²) in [6.45, 7) is 3.57. The molecule has 0 radical (unpaired) electrons. The molecule has 226 valence electrons. The van der Waals surface area contributed by atoms with E-state index in [1.165, 1.54) is 12.4 Å². The number of carbonyl (C=O) groups is 3. The van der Waals surface area contributed by atoms with Crippen molar-refractivity contribution in [3.63, 3.8) is 0 Å². The molecule has 3 rings (SSSR count). The molecule has 14 heteroatoms. The third-order valence-electron chi connectivity index (χ3n) is 7.93. The number of nitrogens with zero attached hydrogens (tertiary/aromatic N) is 2. The summed E-state index contributed by atoms with van der Waals surface area (Å²) in [5.74, 6) is -1.71. The topological polar surface area (TPSA) is 140 Å². The summed E-state index contributed by atoms with van der Waals surface area (Å²) in [6, 6.07) is -1.45. The number of rotatable bonds is 9. The number of hydrogen-bond acceptors (Lipinski definition) is 5. The van der Waals surface area contributed by atoms with Gasteiger partial charge in [-0.2, -0.15) is 13.2 Å². The third-order valence-corrected chi connectivity index (χ3v) is 8.50. The normalized spacial score (nSPS) is 21.9. The Morgan fingerprint density at radius 3 is 2.17 bits per heavy atom. The Bertz CT molecular complexity index is 1170. The summed E-state index contributed by atoms with van der Waals surface area (Å²) in [4.78, 5) is 43.0. The van der Waals surface area contributed by atoms with Crippen LogP contribution in [-0.2, 0) is 4.79 Å². The first-order valence-corrected chi connectivity index (χ1v) is 14.2. The molecule has 0 saturated heterocycles. The van der Waals surface area contributed by atoms with Gasteiger partial charge in [-0.15, -0.1) is 0 Å². The van der Waals surface area contributed by atoms with Crippen LogP contribution >= 0.6 is 23.2 Å². The van der Waals surface area contributed by atoms with E-state index < -0.39 is 53.9 Å². The van der Waals surface area contributed by atoms with Crippen LogP contribution in [0.4, 0.5) is 18.0 Å². The molecule has 1 heterocycles. The second-order valence-corrected chi connectivity index (χ2v) is 12.2. The third kappa shape index (κ3) is 8.65. The Hall–Kier alpha value is -2.70. The highest BCUT2D eigenvalue weighted by molar-refractivity contribution is 6.39. The maximum absolute atomic E-state index is 14.4. The van der Waals surface area contributed by atoms with Crippen LogP contribution in [0.3, 0.4) is 0 Å². The number of nitrogens with one attached hydrogen (secondary N) is 2. The lowest BCUT2D eigenvalue weighted by Gasteiger charge is -2.40. The van der Waals surface area contributed by atoms with Gasteiger partial charge < -0.3 is 26.0 Å². The largest absolute Gasteiger partial charge is 0.467 e. The molecule has 0 unspecified atom stereocenters. The first kappa shape index (κ1) is 32.8. The summed E-state index contributed by atoms with van der Waals surface area (Å²) in [5, 5.41) is 20.0. The van der Waals surface area contributed by atoms with Gasteiger partial charge in [-0.1, -0.05) is 37.0 Å². The highest BCUT2D eigenvalue weighted by Gasteiger charge is 2.46. The predicted molar refractivity (Wildman–Crippen MR) is 147 cm³/mol. The Balaban J connectivity index is 1.95. The zero-order valence-electron chi connectivity index (χ0n) is 22.9. The van der Waals surface area contributed by atoms with E-state index >= 15 is 0 Å². The van der Waals surface area contributed by atoms with Crippen molar-refractivity contribution in [1.82, 2.24) is 15.2 Å². The fourth-order valence-corrected chi connectivity index (χ4v) is 6.14. The van der Waals surface area contributed by atoms with Crippen LogP contribution < -0.4 is 10.6 Å². The lowest BCUT2D eigenvalue weighted by molar-refractivity contribution is -0.663. The van der Waals surface area contributed by atoms with Gasteiger partial charge in [0.2, 0.25) is 5.70 Å². The molecular weight excluding hydrogens is 586 g/mol. The monoisotopic (exact) mass is 620 g/mol. The second-order valence-electron chi connectivity index (χ2n) is 11.4. The number of amides is 2. The van der Waals surface area contributed by atoms with Crippen molar-refractivity contribution in [3.8, 4) is 0 Å². The van der Waals surface area contributed by atoms with E-state index in [4.69, 9.17) is 33.7 Å². The molecule has 1 aromatic heterocycles. The van der Waals surface area contributed by atoms with Gasteiger partial charge >= 0.3 is 12.3 Å². The van der Waals surface area contributed by atoms with Gasteiger partial charge in [0.25, 0.3) is 5.91 Å². The van der Waals surface area contributed by atoms with Crippen LogP contribution in [0.1, 0.15) is 75.6 Å². The maximum Gasteiger partial charge on any atom is 0.467 e. The zero-order chi connectivity index (χ0) is 30.5. The number of aromatic nitrogens is 1. The van der Waals surface area contributed by atoms with Gasteiger partial charge in [0.15, 0.2) is 5.78 Å². The highest BCUT2D eigenvalue weighted by atomic mass is 35.5. The Labute approximate surface area is 246 Å². The van der Waals surface area contributed by atoms with E-state index in [1.807, 2.05) is 0 Å². The molecule has 2 aliphatic rings. The lowest BCUT2D eigenvalue weighted by atomic mass is 9.75. The number of pyridine rings is 1. The Kier molecular flexibility index (Phi) is 10.8. The Morgan fingerprint density at radius 2 is 1.68 bits per heavy atom. The smallest absolute Gasteiger partial charge is 0.465 e. The number of Topliss-reactive ketones (excluding diaryl/α,β-unsaturated/α-hetero) is 1. The average molecular weight is 622 g/mol. The van der Waals surface area contributed by atoms with E-state index in [1.54, 1.807) is 0 Å². The van der Waals surface area contributed by atoms with E-state index in [2.05, 4.69) is 24.1 Å². The van der Waals surface area contributed by atoms with Crippen molar-refractivity contribution in [1.29, 1.82) is 5.41 Å². The lowest BCUT2D eigenvalue weighted by Crippen LogP contribution is -2.91. The van der Waals surface area contributed by atoms with Crippen LogP contribution in [0.2, 0.25) is 10.0 Å². The van der Waals surface area contributed by atoms with Gasteiger partial charge in [-0.25, -0.2) is 4.79 Å². The number of hydrogen-bond donors (Lipinski definition) is 4.